The van der Waals surface area contributed by atoms with Crippen LogP contribution >= 0.6 is 0 Å². The van der Waals surface area contributed by atoms with Crippen molar-refractivity contribution in [2.24, 2.45) is 11.5 Å². The van der Waals surface area contributed by atoms with E-state index in [1.165, 1.54) is 0 Å². The Kier molecular flexibility index (Phi) is 1.74. The molecule has 0 amide bonds. The molecule has 0 aromatic carbocycles. The van der Waals surface area contributed by atoms with Crippen molar-refractivity contribution in [3.05, 3.63) is 0 Å². The van der Waals surface area contributed by atoms with Crippen molar-refractivity contribution in [3.63, 3.8) is 0 Å². The van der Waals surface area contributed by atoms with Gasteiger partial charge in [-0.25, -0.2) is 0 Å². The van der Waals surface area contributed by atoms with Crippen molar-refractivity contribution in [1.82, 2.24) is 0 Å². The Morgan fingerprint density at radius 2 is 1.33 bits per heavy atom. The van der Waals surface area contributed by atoms with Crippen molar-refractivity contribution < 1.29 is 10.2 Å². The van der Waals surface area contributed by atoms with Crippen LogP contribution in [-0.4, -0.2) is 27.7 Å². The molecule has 0 saturated carbocycles. The highest BCUT2D eigenvalue weighted by molar-refractivity contribution is 6.07. The van der Waals surface area contributed by atoms with Gasteiger partial charge in [0.25, 0.3) is 5.79 Å². The van der Waals surface area contributed by atoms with Crippen LogP contribution in [0.25, 0.3) is 0 Å². The standard InChI is InChI=1S/C3H8N4O2/c4-1(5)3(8,9)2(6)7/h8-9H,(H3,4,5)(H3,6,7). The van der Waals surface area contributed by atoms with E-state index in [1.54, 1.807) is 0 Å². The average Bonchev–Trinajstić information content (AvgIpc) is 1.65. The molecule has 0 aliphatic heterocycles. The Morgan fingerprint density at radius 3 is 1.33 bits per heavy atom. The zero-order valence-corrected chi connectivity index (χ0v) is 4.55. The SMILES string of the molecule is N=C(N)C(O)(O)C(=N)N. The van der Waals surface area contributed by atoms with Gasteiger partial charge in [-0.15, -0.1) is 0 Å². The van der Waals surface area contributed by atoms with E-state index in [-0.39, 0.29) is 0 Å². The summed E-state index contributed by atoms with van der Waals surface area (Å²) in [5.74, 6) is -4.70. The smallest absolute Gasteiger partial charge is 0.282 e. The second-order valence-corrected chi connectivity index (χ2v) is 1.50. The summed E-state index contributed by atoms with van der Waals surface area (Å²) in [5.41, 5.74) is 9.27. The summed E-state index contributed by atoms with van der Waals surface area (Å²) in [6.07, 6.45) is 0. The largest absolute Gasteiger partial charge is 0.383 e. The first-order chi connectivity index (χ1) is 3.89. The second-order valence-electron chi connectivity index (χ2n) is 1.50. The average molecular weight is 132 g/mol. The van der Waals surface area contributed by atoms with E-state index < -0.39 is 17.5 Å². The van der Waals surface area contributed by atoms with Crippen LogP contribution in [0, 0.1) is 10.8 Å². The summed E-state index contributed by atoms with van der Waals surface area (Å²) in [7, 11) is 0. The molecule has 6 heteroatoms. The molecule has 0 bridgehead atoms. The fourth-order valence-corrected chi connectivity index (χ4v) is 0.145. The maximum atomic E-state index is 8.53. The molecule has 0 rings (SSSR count). The predicted molar refractivity (Wildman–Crippen MR) is 31.0 cm³/mol. The van der Waals surface area contributed by atoms with Gasteiger partial charge in [0.05, 0.1) is 0 Å². The lowest BCUT2D eigenvalue weighted by molar-refractivity contribution is -0.0405. The van der Waals surface area contributed by atoms with E-state index in [2.05, 4.69) is 11.5 Å². The van der Waals surface area contributed by atoms with Crippen LogP contribution in [0.3, 0.4) is 0 Å². The van der Waals surface area contributed by atoms with Crippen molar-refractivity contribution in [3.8, 4) is 0 Å². The van der Waals surface area contributed by atoms with Gasteiger partial charge in [0.2, 0.25) is 0 Å². The Hall–Kier alpha value is -1.14. The van der Waals surface area contributed by atoms with Crippen molar-refractivity contribution in [1.29, 1.82) is 10.8 Å². The molecule has 0 aromatic rings. The van der Waals surface area contributed by atoms with Gasteiger partial charge in [-0.05, 0) is 0 Å². The minimum absolute atomic E-state index is 0.963. The molecule has 6 nitrogen and oxygen atoms in total. The molecule has 0 heterocycles. The van der Waals surface area contributed by atoms with E-state index in [4.69, 9.17) is 21.0 Å². The monoisotopic (exact) mass is 132 g/mol. The molecule has 0 saturated heterocycles. The minimum atomic E-state index is -2.78. The summed E-state index contributed by atoms with van der Waals surface area (Å²) in [5, 5.41) is 30.0. The summed E-state index contributed by atoms with van der Waals surface area (Å²) in [6.45, 7) is 0. The molecule has 52 valence electrons. The Labute approximate surface area is 51.1 Å². The normalized spacial score (nSPS) is 10.9. The highest BCUT2D eigenvalue weighted by atomic mass is 16.5. The highest BCUT2D eigenvalue weighted by Gasteiger charge is 2.31. The van der Waals surface area contributed by atoms with Crippen LogP contribution in [0.2, 0.25) is 0 Å². The number of nitrogens with two attached hydrogens (primary N) is 2. The lowest BCUT2D eigenvalue weighted by Crippen LogP contribution is -2.53. The predicted octanol–water partition coefficient (Wildman–Crippen LogP) is -2.46. The molecular weight excluding hydrogens is 124 g/mol. The Bertz CT molecular complexity index is 136. The van der Waals surface area contributed by atoms with Gasteiger partial charge in [0.15, 0.2) is 11.7 Å². The van der Waals surface area contributed by atoms with Gasteiger partial charge in [-0.2, -0.15) is 0 Å². The first-order valence-electron chi connectivity index (χ1n) is 2.02. The van der Waals surface area contributed by atoms with E-state index in [9.17, 15) is 0 Å². The van der Waals surface area contributed by atoms with Crippen molar-refractivity contribution in [2.75, 3.05) is 0 Å². The third-order valence-corrected chi connectivity index (χ3v) is 0.751. The van der Waals surface area contributed by atoms with Crippen LogP contribution in [0.15, 0.2) is 0 Å². The number of hydrogen-bond donors (Lipinski definition) is 6. The maximum absolute atomic E-state index is 8.53. The molecule has 0 radical (unpaired) electrons. The topological polar surface area (TPSA) is 140 Å². The number of hydrogen-bond acceptors (Lipinski definition) is 4. The van der Waals surface area contributed by atoms with Crippen molar-refractivity contribution in [2.45, 2.75) is 5.79 Å². The molecule has 0 fully saturated rings. The highest BCUT2D eigenvalue weighted by Crippen LogP contribution is 1.94. The first-order valence-corrected chi connectivity index (χ1v) is 2.02. The zero-order valence-electron chi connectivity index (χ0n) is 4.55. The first kappa shape index (κ1) is 7.86. The van der Waals surface area contributed by atoms with Gasteiger partial charge >= 0.3 is 0 Å². The molecule has 0 aliphatic rings. The molecule has 0 unspecified atom stereocenters. The van der Waals surface area contributed by atoms with E-state index in [0.29, 0.717) is 0 Å². The molecule has 8 N–H and O–H groups in total. The fraction of sp³-hybridized carbons (Fsp3) is 0.333. The quantitative estimate of drug-likeness (QED) is 0.141. The Morgan fingerprint density at radius 1 is 1.11 bits per heavy atom. The lowest BCUT2D eigenvalue weighted by Gasteiger charge is -2.16. The minimum Gasteiger partial charge on any atom is -0.383 e. The van der Waals surface area contributed by atoms with Crippen LogP contribution < -0.4 is 11.5 Å². The third kappa shape index (κ3) is 1.37. The Balaban J connectivity index is 4.38. The zero-order chi connectivity index (χ0) is 7.65. The summed E-state index contributed by atoms with van der Waals surface area (Å²) in [4.78, 5) is 0. The van der Waals surface area contributed by atoms with E-state index in [0.717, 1.165) is 0 Å². The molecule has 0 spiro atoms. The molecule has 0 aliphatic carbocycles. The van der Waals surface area contributed by atoms with Crippen LogP contribution in [0.1, 0.15) is 0 Å². The molecule has 0 aromatic heterocycles. The van der Waals surface area contributed by atoms with Crippen LogP contribution in [0.4, 0.5) is 0 Å². The van der Waals surface area contributed by atoms with Crippen LogP contribution in [0.5, 0.6) is 0 Å². The van der Waals surface area contributed by atoms with Gasteiger partial charge in [-0.3, -0.25) is 10.8 Å². The third-order valence-electron chi connectivity index (χ3n) is 0.751. The van der Waals surface area contributed by atoms with Gasteiger partial charge in [-0.1, -0.05) is 0 Å². The fourth-order valence-electron chi connectivity index (χ4n) is 0.145. The summed E-state index contributed by atoms with van der Waals surface area (Å²) in [6, 6.07) is 0. The van der Waals surface area contributed by atoms with E-state index >= 15 is 0 Å². The lowest BCUT2D eigenvalue weighted by atomic mass is 10.2. The van der Waals surface area contributed by atoms with Gasteiger partial charge in [0.1, 0.15) is 0 Å². The van der Waals surface area contributed by atoms with Gasteiger partial charge in [0, 0.05) is 0 Å². The molecule has 0 atom stereocenters. The second kappa shape index (κ2) is 2.00. The number of nitrogens with one attached hydrogen (secondary N) is 2. The van der Waals surface area contributed by atoms with Crippen molar-refractivity contribution >= 4 is 11.7 Å². The number of amidine groups is 2. The maximum Gasteiger partial charge on any atom is 0.282 e. The van der Waals surface area contributed by atoms with Crippen LogP contribution in [-0.2, 0) is 0 Å². The molecular formula is C3H8N4O2. The number of aliphatic hydroxyl groups is 2. The summed E-state index contributed by atoms with van der Waals surface area (Å²) < 4.78 is 0. The molecule has 9 heavy (non-hydrogen) atoms. The van der Waals surface area contributed by atoms with E-state index in [1.807, 2.05) is 0 Å². The number of rotatable bonds is 2. The van der Waals surface area contributed by atoms with Gasteiger partial charge < -0.3 is 21.7 Å². The summed E-state index contributed by atoms with van der Waals surface area (Å²) >= 11 is 0.